The second-order valence-electron chi connectivity index (χ2n) is 5.19. The maximum absolute atomic E-state index is 11.9. The molecule has 1 unspecified atom stereocenters. The number of aromatic nitrogens is 2. The Morgan fingerprint density at radius 2 is 2.17 bits per heavy atom. The van der Waals surface area contributed by atoms with Crippen LogP contribution in [0.5, 0.6) is 5.75 Å². The zero-order valence-electron chi connectivity index (χ0n) is 13.4. The van der Waals surface area contributed by atoms with Gasteiger partial charge in [0.15, 0.2) is 6.61 Å². The van der Waals surface area contributed by atoms with Gasteiger partial charge in [-0.05, 0) is 52.4 Å². The van der Waals surface area contributed by atoms with Gasteiger partial charge in [-0.15, -0.1) is 10.2 Å². The molecule has 5 nitrogen and oxygen atoms in total. The normalized spacial score (nSPS) is 12.0. The molecule has 1 heterocycles. The molecule has 0 aliphatic carbocycles. The van der Waals surface area contributed by atoms with E-state index in [4.69, 9.17) is 4.74 Å². The number of carbonyl (C=O) groups excluding carboxylic acids is 1. The van der Waals surface area contributed by atoms with Crippen LogP contribution in [0, 0.1) is 0 Å². The van der Waals surface area contributed by atoms with Crippen LogP contribution in [0.2, 0.25) is 0 Å². The molecule has 1 atom stereocenters. The van der Waals surface area contributed by atoms with Gasteiger partial charge >= 0.3 is 0 Å². The Labute approximate surface area is 148 Å². The second kappa shape index (κ2) is 8.40. The molecule has 0 bridgehead atoms. The smallest absolute Gasteiger partial charge is 0.264 e. The second-order valence-corrected chi connectivity index (χ2v) is 7.11. The number of ether oxygens (including phenoxy) is 1. The fourth-order valence-electron chi connectivity index (χ4n) is 1.92. The summed E-state index contributed by atoms with van der Waals surface area (Å²) in [5.41, 5.74) is 1.25. The van der Waals surface area contributed by atoms with E-state index in [-0.39, 0.29) is 12.5 Å². The summed E-state index contributed by atoms with van der Waals surface area (Å²) < 4.78 is 6.42. The van der Waals surface area contributed by atoms with E-state index in [1.54, 1.807) is 0 Å². The monoisotopic (exact) mass is 397 g/mol. The van der Waals surface area contributed by atoms with Crippen LogP contribution in [-0.4, -0.2) is 22.7 Å². The van der Waals surface area contributed by atoms with Crippen LogP contribution >= 0.6 is 27.3 Å². The Bertz CT molecular complexity index is 675. The number of anilines is 1. The summed E-state index contributed by atoms with van der Waals surface area (Å²) in [5.74, 6) is 0.897. The van der Waals surface area contributed by atoms with Gasteiger partial charge in [0.1, 0.15) is 10.8 Å². The Hall–Kier alpha value is -1.47. The molecule has 0 saturated carbocycles. The molecule has 0 fully saturated rings. The van der Waals surface area contributed by atoms with E-state index >= 15 is 0 Å². The summed E-state index contributed by atoms with van der Waals surface area (Å²) in [4.78, 5) is 11.9. The minimum absolute atomic E-state index is 0.0671. The fourth-order valence-corrected chi connectivity index (χ4v) is 3.13. The number of nitrogens with zero attached hydrogens (tertiary/aromatic N) is 2. The first-order chi connectivity index (χ1) is 11.0. The molecule has 124 valence electrons. The largest absolute Gasteiger partial charge is 0.483 e. The van der Waals surface area contributed by atoms with Gasteiger partial charge in [-0.1, -0.05) is 38.2 Å². The SMILES string of the molecule is CCc1nnc(NC(=O)COc2ccc(C(C)CC)cc2Br)s1. The van der Waals surface area contributed by atoms with Crippen LogP contribution in [0.15, 0.2) is 22.7 Å². The molecule has 0 aliphatic heterocycles. The Morgan fingerprint density at radius 3 is 2.78 bits per heavy atom. The fraction of sp³-hybridized carbons (Fsp3) is 0.438. The number of hydrogen-bond donors (Lipinski definition) is 1. The summed E-state index contributed by atoms with van der Waals surface area (Å²) in [7, 11) is 0. The summed E-state index contributed by atoms with van der Waals surface area (Å²) in [6.07, 6.45) is 1.89. The third-order valence-electron chi connectivity index (χ3n) is 3.51. The van der Waals surface area contributed by atoms with Crippen molar-refractivity contribution in [2.24, 2.45) is 0 Å². The number of halogens is 1. The van der Waals surface area contributed by atoms with Crippen molar-refractivity contribution >= 4 is 38.3 Å². The van der Waals surface area contributed by atoms with Crippen LogP contribution in [0.4, 0.5) is 5.13 Å². The Kier molecular flexibility index (Phi) is 6.53. The lowest BCUT2D eigenvalue weighted by molar-refractivity contribution is -0.118. The number of benzene rings is 1. The Morgan fingerprint density at radius 1 is 1.39 bits per heavy atom. The lowest BCUT2D eigenvalue weighted by Gasteiger charge is -2.12. The van der Waals surface area contributed by atoms with E-state index in [0.29, 0.717) is 16.8 Å². The predicted octanol–water partition coefficient (Wildman–Crippen LogP) is 4.39. The molecule has 0 radical (unpaired) electrons. The summed E-state index contributed by atoms with van der Waals surface area (Å²) in [6, 6.07) is 5.96. The van der Waals surface area contributed by atoms with E-state index in [1.165, 1.54) is 16.9 Å². The molecule has 2 aromatic rings. The maximum atomic E-state index is 11.9. The highest BCUT2D eigenvalue weighted by Gasteiger charge is 2.11. The average molecular weight is 398 g/mol. The number of nitrogens with one attached hydrogen (secondary N) is 1. The molecule has 7 heteroatoms. The van der Waals surface area contributed by atoms with Gasteiger partial charge in [0, 0.05) is 0 Å². The molecule has 0 aliphatic rings. The van der Waals surface area contributed by atoms with Gasteiger partial charge in [0.2, 0.25) is 5.13 Å². The van der Waals surface area contributed by atoms with Crippen molar-refractivity contribution < 1.29 is 9.53 Å². The average Bonchev–Trinajstić information content (AvgIpc) is 3.00. The molecule has 1 amide bonds. The molecule has 0 spiro atoms. The molecular weight excluding hydrogens is 378 g/mol. The first kappa shape index (κ1) is 17.9. The summed E-state index contributed by atoms with van der Waals surface area (Å²) >= 11 is 4.87. The van der Waals surface area contributed by atoms with Gasteiger partial charge < -0.3 is 4.74 Å². The molecule has 1 aromatic heterocycles. The first-order valence-electron chi connectivity index (χ1n) is 7.57. The molecule has 1 N–H and O–H groups in total. The van der Waals surface area contributed by atoms with E-state index in [0.717, 1.165) is 22.3 Å². The van der Waals surface area contributed by atoms with Crippen LogP contribution in [0.1, 0.15) is 43.7 Å². The van der Waals surface area contributed by atoms with Crippen molar-refractivity contribution in [2.75, 3.05) is 11.9 Å². The maximum Gasteiger partial charge on any atom is 0.264 e. The van der Waals surface area contributed by atoms with Crippen LogP contribution in [-0.2, 0) is 11.2 Å². The lowest BCUT2D eigenvalue weighted by atomic mass is 9.99. The number of rotatable bonds is 7. The van der Waals surface area contributed by atoms with Gasteiger partial charge in [-0.2, -0.15) is 0 Å². The molecule has 23 heavy (non-hydrogen) atoms. The summed E-state index contributed by atoms with van der Waals surface area (Å²) in [5, 5.41) is 12.0. The molecular formula is C16H20BrN3O2S. The van der Waals surface area contributed by atoms with E-state index in [1.807, 2.05) is 25.1 Å². The van der Waals surface area contributed by atoms with E-state index in [2.05, 4.69) is 45.3 Å². The zero-order chi connectivity index (χ0) is 16.8. The standard InChI is InChI=1S/C16H20BrN3O2S/c1-4-10(3)11-6-7-13(12(17)8-11)22-9-14(21)18-16-20-19-15(5-2)23-16/h6-8,10H,4-5,9H2,1-3H3,(H,18,20,21). The molecule has 2 rings (SSSR count). The third-order valence-corrected chi connectivity index (χ3v) is 5.11. The molecule has 0 saturated heterocycles. The van der Waals surface area contributed by atoms with Crippen molar-refractivity contribution in [3.63, 3.8) is 0 Å². The van der Waals surface area contributed by atoms with Gasteiger partial charge in [-0.3, -0.25) is 10.1 Å². The predicted molar refractivity (Wildman–Crippen MR) is 96.3 cm³/mol. The van der Waals surface area contributed by atoms with Crippen molar-refractivity contribution in [3.8, 4) is 5.75 Å². The summed E-state index contributed by atoms with van der Waals surface area (Å²) in [6.45, 7) is 6.27. The highest BCUT2D eigenvalue weighted by Crippen LogP contribution is 2.30. The van der Waals surface area contributed by atoms with Crippen molar-refractivity contribution in [3.05, 3.63) is 33.2 Å². The van der Waals surface area contributed by atoms with E-state index in [9.17, 15) is 4.79 Å². The topological polar surface area (TPSA) is 64.1 Å². The molecule has 1 aromatic carbocycles. The highest BCUT2D eigenvalue weighted by atomic mass is 79.9. The van der Waals surface area contributed by atoms with Gasteiger partial charge in [0.05, 0.1) is 4.47 Å². The van der Waals surface area contributed by atoms with Crippen molar-refractivity contribution in [1.29, 1.82) is 0 Å². The van der Waals surface area contributed by atoms with Crippen molar-refractivity contribution in [1.82, 2.24) is 10.2 Å². The van der Waals surface area contributed by atoms with Crippen molar-refractivity contribution in [2.45, 2.75) is 39.5 Å². The zero-order valence-corrected chi connectivity index (χ0v) is 15.8. The van der Waals surface area contributed by atoms with Crippen LogP contribution in [0.25, 0.3) is 0 Å². The highest BCUT2D eigenvalue weighted by molar-refractivity contribution is 9.10. The number of aryl methyl sites for hydroxylation is 1. The van der Waals surface area contributed by atoms with Crippen LogP contribution in [0.3, 0.4) is 0 Å². The lowest BCUT2D eigenvalue weighted by Crippen LogP contribution is -2.20. The van der Waals surface area contributed by atoms with Crippen LogP contribution < -0.4 is 10.1 Å². The minimum atomic E-state index is -0.248. The quantitative estimate of drug-likeness (QED) is 0.751. The number of hydrogen-bond acceptors (Lipinski definition) is 5. The minimum Gasteiger partial charge on any atom is -0.483 e. The van der Waals surface area contributed by atoms with Gasteiger partial charge in [0.25, 0.3) is 5.91 Å². The number of amides is 1. The first-order valence-corrected chi connectivity index (χ1v) is 9.18. The Balaban J connectivity index is 1.91. The number of carbonyl (C=O) groups is 1. The van der Waals surface area contributed by atoms with E-state index < -0.39 is 0 Å². The third kappa shape index (κ3) is 5.00. The van der Waals surface area contributed by atoms with Gasteiger partial charge in [-0.25, -0.2) is 0 Å².